The molecule has 1 saturated carbocycles. The van der Waals surface area contributed by atoms with Crippen LogP contribution in [-0.2, 0) is 24.2 Å². The van der Waals surface area contributed by atoms with E-state index in [9.17, 15) is 18.0 Å². The topological polar surface area (TPSA) is 105 Å². The van der Waals surface area contributed by atoms with Crippen molar-refractivity contribution in [3.63, 3.8) is 0 Å². The average molecular weight is 381 g/mol. The number of carbonyl (C=O) groups excluding carboxylic acids is 2. The molecule has 1 aliphatic heterocycles. The summed E-state index contributed by atoms with van der Waals surface area (Å²) in [7, 11) is -3.79. The Balaban J connectivity index is 1.52. The second-order valence-corrected chi connectivity index (χ2v) is 8.78. The van der Waals surface area contributed by atoms with Gasteiger partial charge >= 0.3 is 0 Å². The first-order chi connectivity index (χ1) is 12.5. The van der Waals surface area contributed by atoms with Crippen LogP contribution in [0.5, 0.6) is 0 Å². The molecule has 0 radical (unpaired) electrons. The Hall–Kier alpha value is -1.97. The Morgan fingerprint density at radius 3 is 2.35 bits per heavy atom. The zero-order chi connectivity index (χ0) is 18.6. The summed E-state index contributed by atoms with van der Waals surface area (Å²) >= 11 is 0. The van der Waals surface area contributed by atoms with Gasteiger partial charge in [-0.1, -0.05) is 18.2 Å². The number of ether oxygens (including phenoxy) is 1. The van der Waals surface area contributed by atoms with Gasteiger partial charge in [0.1, 0.15) is 0 Å². The molecule has 9 heteroatoms. The summed E-state index contributed by atoms with van der Waals surface area (Å²) in [6.07, 6.45) is 0.720. The van der Waals surface area contributed by atoms with E-state index in [1.54, 1.807) is 18.2 Å². The molecule has 3 rings (SSSR count). The number of nitrogens with one attached hydrogen (secondary N) is 2. The van der Waals surface area contributed by atoms with Crippen LogP contribution in [0.1, 0.15) is 19.3 Å². The number of nitrogens with zero attached hydrogens (tertiary/aromatic N) is 1. The van der Waals surface area contributed by atoms with E-state index in [2.05, 4.69) is 15.8 Å². The minimum absolute atomic E-state index is 0.117. The molecule has 1 aliphatic carbocycles. The number of sulfone groups is 1. The monoisotopic (exact) mass is 381 g/mol. The molecular formula is C17H23N3O5S. The van der Waals surface area contributed by atoms with E-state index in [0.29, 0.717) is 19.8 Å². The Kier molecular flexibility index (Phi) is 5.59. The van der Waals surface area contributed by atoms with Gasteiger partial charge in [-0.2, -0.15) is 0 Å². The Bertz CT molecular complexity index is 756. The van der Waals surface area contributed by atoms with E-state index in [1.165, 1.54) is 12.1 Å². The van der Waals surface area contributed by atoms with Gasteiger partial charge in [-0.15, -0.1) is 0 Å². The zero-order valence-corrected chi connectivity index (χ0v) is 15.3. The molecule has 1 aromatic carbocycles. The van der Waals surface area contributed by atoms with E-state index in [4.69, 9.17) is 4.74 Å². The molecule has 142 valence electrons. The predicted molar refractivity (Wildman–Crippen MR) is 93.8 cm³/mol. The van der Waals surface area contributed by atoms with Crippen molar-refractivity contribution in [3.05, 3.63) is 30.3 Å². The number of carbonyl (C=O) groups is 2. The van der Waals surface area contributed by atoms with E-state index in [1.807, 2.05) is 0 Å². The van der Waals surface area contributed by atoms with Crippen LogP contribution < -0.4 is 10.9 Å². The van der Waals surface area contributed by atoms with E-state index >= 15 is 0 Å². The second-order valence-electron chi connectivity index (χ2n) is 6.52. The molecule has 26 heavy (non-hydrogen) atoms. The third-order valence-electron chi connectivity index (χ3n) is 4.76. The lowest BCUT2D eigenvalue weighted by Crippen LogP contribution is -2.50. The summed E-state index contributed by atoms with van der Waals surface area (Å²) in [4.78, 5) is 26.6. The highest BCUT2D eigenvalue weighted by molar-refractivity contribution is 7.94. The maximum absolute atomic E-state index is 12.7. The van der Waals surface area contributed by atoms with Crippen LogP contribution in [0.15, 0.2) is 35.2 Å². The first kappa shape index (κ1) is 18.8. The van der Waals surface area contributed by atoms with Crippen LogP contribution in [-0.4, -0.2) is 62.7 Å². The van der Waals surface area contributed by atoms with Crippen LogP contribution in [0.4, 0.5) is 0 Å². The molecule has 2 N–H and O–H groups in total. The van der Waals surface area contributed by atoms with E-state index in [-0.39, 0.29) is 30.1 Å². The highest BCUT2D eigenvalue weighted by Crippen LogP contribution is 2.46. The molecule has 0 bridgehead atoms. The number of hydrazine groups is 1. The van der Waals surface area contributed by atoms with Crippen molar-refractivity contribution in [2.75, 3.05) is 32.8 Å². The van der Waals surface area contributed by atoms with Crippen molar-refractivity contribution in [1.82, 2.24) is 15.8 Å². The van der Waals surface area contributed by atoms with Crippen molar-refractivity contribution < 1.29 is 22.7 Å². The Morgan fingerprint density at radius 1 is 1.08 bits per heavy atom. The van der Waals surface area contributed by atoms with Gasteiger partial charge in [0.15, 0.2) is 14.6 Å². The molecule has 0 atom stereocenters. The van der Waals surface area contributed by atoms with E-state index in [0.717, 1.165) is 13.1 Å². The number of rotatable bonds is 6. The largest absolute Gasteiger partial charge is 0.379 e. The fourth-order valence-corrected chi connectivity index (χ4v) is 4.85. The van der Waals surface area contributed by atoms with Gasteiger partial charge in [0.2, 0.25) is 5.91 Å². The van der Waals surface area contributed by atoms with Crippen molar-refractivity contribution >= 4 is 21.7 Å². The second kappa shape index (κ2) is 7.73. The third-order valence-corrected chi connectivity index (χ3v) is 7.28. The van der Waals surface area contributed by atoms with Crippen LogP contribution in [0.2, 0.25) is 0 Å². The minimum atomic E-state index is -3.79. The number of amides is 2. The number of hydrogen-bond acceptors (Lipinski definition) is 6. The SMILES string of the molecule is O=C(CCN1CCOCC1)NNC(=O)C1(S(=O)(=O)c2ccccc2)CC1. The standard InChI is InChI=1S/C17H23N3O5S/c21-15(6-9-20-10-12-25-13-11-20)18-19-16(22)17(7-8-17)26(23,24)14-4-2-1-3-5-14/h1-5H,6-13H2,(H,18,21)(H,19,22). The molecule has 0 aromatic heterocycles. The lowest BCUT2D eigenvalue weighted by Gasteiger charge is -2.26. The number of morpholine rings is 1. The van der Waals surface area contributed by atoms with Crippen LogP contribution in [0, 0.1) is 0 Å². The quantitative estimate of drug-likeness (QED) is 0.665. The fraction of sp³-hybridized carbons (Fsp3) is 0.529. The summed E-state index contributed by atoms with van der Waals surface area (Å²) in [6.45, 7) is 3.42. The maximum atomic E-state index is 12.7. The first-order valence-corrected chi connectivity index (χ1v) is 10.1. The van der Waals surface area contributed by atoms with Crippen molar-refractivity contribution in [2.24, 2.45) is 0 Å². The highest BCUT2D eigenvalue weighted by atomic mass is 32.2. The van der Waals surface area contributed by atoms with Gasteiger partial charge in [-0.3, -0.25) is 25.3 Å². The summed E-state index contributed by atoms with van der Waals surface area (Å²) in [5, 5.41) is 0. The lowest BCUT2D eigenvalue weighted by molar-refractivity contribution is -0.129. The summed E-state index contributed by atoms with van der Waals surface area (Å²) in [5.41, 5.74) is 4.62. The van der Waals surface area contributed by atoms with Gasteiger partial charge in [0.25, 0.3) is 5.91 Å². The summed E-state index contributed by atoms with van der Waals surface area (Å²) < 4.78 is 29.2. The highest BCUT2D eigenvalue weighted by Gasteiger charge is 2.61. The Labute approximate surface area is 152 Å². The zero-order valence-electron chi connectivity index (χ0n) is 14.4. The minimum Gasteiger partial charge on any atom is -0.379 e. The van der Waals surface area contributed by atoms with Gasteiger partial charge in [-0.25, -0.2) is 8.42 Å². The third kappa shape index (κ3) is 3.89. The molecule has 1 saturated heterocycles. The molecule has 1 aromatic rings. The summed E-state index contributed by atoms with van der Waals surface area (Å²) in [5.74, 6) is -1.03. The average Bonchev–Trinajstić information content (AvgIpc) is 3.48. The fourth-order valence-electron chi connectivity index (χ4n) is 2.94. The van der Waals surface area contributed by atoms with Gasteiger partial charge in [0.05, 0.1) is 18.1 Å². The summed E-state index contributed by atoms with van der Waals surface area (Å²) in [6, 6.07) is 7.91. The molecular weight excluding hydrogens is 358 g/mol. The lowest BCUT2D eigenvalue weighted by atomic mass is 10.3. The molecule has 8 nitrogen and oxygen atoms in total. The first-order valence-electron chi connectivity index (χ1n) is 8.65. The predicted octanol–water partition coefficient (Wildman–Crippen LogP) is -0.137. The Morgan fingerprint density at radius 2 is 1.73 bits per heavy atom. The molecule has 0 unspecified atom stereocenters. The van der Waals surface area contributed by atoms with Gasteiger partial charge in [-0.05, 0) is 25.0 Å². The van der Waals surface area contributed by atoms with Crippen LogP contribution >= 0.6 is 0 Å². The van der Waals surface area contributed by atoms with Gasteiger partial charge < -0.3 is 4.74 Å². The molecule has 2 amide bonds. The normalized spacial score (nSPS) is 19.5. The smallest absolute Gasteiger partial charge is 0.260 e. The van der Waals surface area contributed by atoms with Crippen LogP contribution in [0.3, 0.4) is 0 Å². The molecule has 0 spiro atoms. The van der Waals surface area contributed by atoms with Gasteiger partial charge in [0, 0.05) is 26.1 Å². The number of hydrogen-bond donors (Lipinski definition) is 2. The molecule has 1 heterocycles. The van der Waals surface area contributed by atoms with Crippen molar-refractivity contribution in [3.8, 4) is 0 Å². The number of benzene rings is 1. The van der Waals surface area contributed by atoms with Crippen LogP contribution in [0.25, 0.3) is 0 Å². The van der Waals surface area contributed by atoms with E-state index < -0.39 is 20.5 Å². The molecule has 2 fully saturated rings. The molecule has 2 aliphatic rings. The van der Waals surface area contributed by atoms with Crippen molar-refractivity contribution in [1.29, 1.82) is 0 Å². The van der Waals surface area contributed by atoms with Crippen molar-refractivity contribution in [2.45, 2.75) is 28.9 Å². The maximum Gasteiger partial charge on any atom is 0.260 e.